The Morgan fingerprint density at radius 2 is 1.94 bits per heavy atom. The van der Waals surface area contributed by atoms with Crippen LogP contribution in [0.3, 0.4) is 0 Å². The van der Waals surface area contributed by atoms with Crippen molar-refractivity contribution in [2.75, 3.05) is 6.61 Å². The van der Waals surface area contributed by atoms with Gasteiger partial charge in [-0.2, -0.15) is 5.26 Å². The van der Waals surface area contributed by atoms with E-state index in [0.29, 0.717) is 33.6 Å². The number of ketones is 1. The number of hydrogen-bond donors (Lipinski definition) is 1. The van der Waals surface area contributed by atoms with Gasteiger partial charge in [-0.1, -0.05) is 24.3 Å². The van der Waals surface area contributed by atoms with Crippen molar-refractivity contribution in [1.82, 2.24) is 0 Å². The zero-order valence-electron chi connectivity index (χ0n) is 17.2. The van der Waals surface area contributed by atoms with Crippen LogP contribution in [0.4, 0.5) is 4.39 Å². The molecule has 1 aliphatic rings. The van der Waals surface area contributed by atoms with Crippen LogP contribution in [0.2, 0.25) is 0 Å². The summed E-state index contributed by atoms with van der Waals surface area (Å²) < 4.78 is 26.9. The third kappa shape index (κ3) is 3.91. The van der Waals surface area contributed by atoms with Crippen LogP contribution in [0, 0.1) is 24.1 Å². The molecule has 1 heterocycles. The zero-order chi connectivity index (χ0) is 22.8. The summed E-state index contributed by atoms with van der Waals surface area (Å²) in [6.07, 6.45) is -0.599. The van der Waals surface area contributed by atoms with E-state index in [0.717, 1.165) is 6.07 Å². The number of amides is 1. The van der Waals surface area contributed by atoms with Crippen molar-refractivity contribution in [3.05, 3.63) is 93.8 Å². The number of primary amides is 1. The number of carbonyl (C=O) groups is 2. The molecule has 0 saturated heterocycles. The molecule has 0 fully saturated rings. The zero-order valence-corrected chi connectivity index (χ0v) is 17.2. The highest BCUT2D eigenvalue weighted by Crippen LogP contribution is 2.40. The summed E-state index contributed by atoms with van der Waals surface area (Å²) in [5, 5.41) is 9.30. The largest absolute Gasteiger partial charge is 0.492 e. The summed E-state index contributed by atoms with van der Waals surface area (Å²) in [6, 6.07) is 16.4. The Bertz CT molecular complexity index is 1260. The number of hydrogen-bond acceptors (Lipinski definition) is 5. The van der Waals surface area contributed by atoms with Crippen LogP contribution >= 0.6 is 0 Å². The summed E-state index contributed by atoms with van der Waals surface area (Å²) in [5.74, 6) is -1.18. The van der Waals surface area contributed by atoms with Crippen LogP contribution in [0.5, 0.6) is 11.5 Å². The average Bonchev–Trinajstić information content (AvgIpc) is 2.80. The molecule has 1 aliphatic heterocycles. The van der Waals surface area contributed by atoms with Crippen molar-refractivity contribution in [2.24, 2.45) is 5.73 Å². The lowest BCUT2D eigenvalue weighted by Gasteiger charge is -2.25. The third-order valence-electron chi connectivity index (χ3n) is 5.34. The van der Waals surface area contributed by atoms with Crippen molar-refractivity contribution in [3.63, 3.8) is 0 Å². The maximum atomic E-state index is 15.1. The van der Waals surface area contributed by atoms with Crippen molar-refractivity contribution >= 4 is 11.7 Å². The van der Waals surface area contributed by atoms with Gasteiger partial charge in [0.25, 0.3) is 0 Å². The highest BCUT2D eigenvalue weighted by molar-refractivity contribution is 6.00. The van der Waals surface area contributed by atoms with Crippen LogP contribution in [0.1, 0.15) is 55.5 Å². The first-order valence-corrected chi connectivity index (χ1v) is 9.94. The molecular formula is C25H19FN2O4. The summed E-state index contributed by atoms with van der Waals surface area (Å²) in [7, 11) is 0. The number of rotatable bonds is 5. The maximum absolute atomic E-state index is 15.1. The van der Waals surface area contributed by atoms with Gasteiger partial charge in [0.2, 0.25) is 5.91 Å². The van der Waals surface area contributed by atoms with E-state index in [1.807, 2.05) is 0 Å². The van der Waals surface area contributed by atoms with Gasteiger partial charge in [-0.3, -0.25) is 9.59 Å². The highest BCUT2D eigenvalue weighted by Gasteiger charge is 2.28. The highest BCUT2D eigenvalue weighted by atomic mass is 19.1. The van der Waals surface area contributed by atoms with Crippen molar-refractivity contribution < 1.29 is 23.5 Å². The summed E-state index contributed by atoms with van der Waals surface area (Å²) >= 11 is 0. The molecule has 2 N–H and O–H groups in total. The molecule has 4 rings (SSSR count). The van der Waals surface area contributed by atoms with Crippen LogP contribution < -0.4 is 15.2 Å². The van der Waals surface area contributed by atoms with Crippen molar-refractivity contribution in [2.45, 2.75) is 19.4 Å². The smallest absolute Gasteiger partial charge is 0.248 e. The maximum Gasteiger partial charge on any atom is 0.248 e. The van der Waals surface area contributed by atoms with E-state index in [-0.39, 0.29) is 30.1 Å². The molecular weight excluding hydrogens is 411 g/mol. The first-order chi connectivity index (χ1) is 15.4. The van der Waals surface area contributed by atoms with E-state index >= 15 is 4.39 Å². The fourth-order valence-corrected chi connectivity index (χ4v) is 3.70. The molecule has 1 amide bonds. The minimum Gasteiger partial charge on any atom is -0.492 e. The van der Waals surface area contributed by atoms with Crippen molar-refractivity contribution in [3.8, 4) is 17.6 Å². The predicted molar refractivity (Wildman–Crippen MR) is 114 cm³/mol. The number of fused-ring (bicyclic) bond motifs is 1. The molecule has 7 heteroatoms. The van der Waals surface area contributed by atoms with E-state index in [1.165, 1.54) is 0 Å². The quantitative estimate of drug-likeness (QED) is 0.652. The summed E-state index contributed by atoms with van der Waals surface area (Å²) in [4.78, 5) is 23.6. The first-order valence-electron chi connectivity index (χ1n) is 9.94. The van der Waals surface area contributed by atoms with Crippen LogP contribution in [-0.2, 0) is 0 Å². The fraction of sp³-hybridized carbons (Fsp3) is 0.160. The molecule has 32 heavy (non-hydrogen) atoms. The van der Waals surface area contributed by atoms with E-state index in [4.69, 9.17) is 15.2 Å². The monoisotopic (exact) mass is 430 g/mol. The van der Waals surface area contributed by atoms with Gasteiger partial charge in [0.05, 0.1) is 23.8 Å². The Labute approximate surface area is 184 Å². The fourth-order valence-electron chi connectivity index (χ4n) is 3.70. The van der Waals surface area contributed by atoms with Crippen molar-refractivity contribution in [1.29, 1.82) is 5.26 Å². The Morgan fingerprint density at radius 3 is 2.62 bits per heavy atom. The third-order valence-corrected chi connectivity index (χ3v) is 5.34. The van der Waals surface area contributed by atoms with Gasteiger partial charge in [-0.05, 0) is 48.4 Å². The molecule has 0 aromatic heterocycles. The molecule has 160 valence electrons. The minimum absolute atomic E-state index is 0.0511. The van der Waals surface area contributed by atoms with Gasteiger partial charge < -0.3 is 15.2 Å². The van der Waals surface area contributed by atoms with E-state index < -0.39 is 17.8 Å². The predicted octanol–water partition coefficient (Wildman–Crippen LogP) is 4.24. The van der Waals surface area contributed by atoms with Crippen LogP contribution in [0.25, 0.3) is 0 Å². The number of nitriles is 1. The Morgan fingerprint density at radius 1 is 1.19 bits per heavy atom. The second-order valence-electron chi connectivity index (χ2n) is 7.43. The molecule has 0 aliphatic carbocycles. The lowest BCUT2D eigenvalue weighted by atomic mass is 9.97. The molecule has 1 unspecified atom stereocenters. The Balaban J connectivity index is 1.82. The Hall–Kier alpha value is -4.18. The first kappa shape index (κ1) is 21.1. The molecule has 3 aromatic carbocycles. The molecule has 6 nitrogen and oxygen atoms in total. The normalized spacial score (nSPS) is 13.5. The van der Waals surface area contributed by atoms with Gasteiger partial charge in [0, 0.05) is 17.5 Å². The molecule has 0 saturated carbocycles. The molecule has 0 radical (unpaired) electrons. The number of carbonyl (C=O) groups excluding carboxylic acids is 2. The Kier molecular flexibility index (Phi) is 5.61. The van der Waals surface area contributed by atoms with Crippen LogP contribution in [-0.4, -0.2) is 18.3 Å². The van der Waals surface area contributed by atoms with E-state index in [9.17, 15) is 14.9 Å². The SMILES string of the molecule is Cc1c(OC(c2ccc(C(N)=O)cc2)c2cccc(C#N)c2)c(F)cc2c1OCCC2=O. The second-order valence-corrected chi connectivity index (χ2v) is 7.43. The van der Waals surface area contributed by atoms with Crippen LogP contribution in [0.15, 0.2) is 54.6 Å². The molecule has 1 atom stereocenters. The number of nitrogens with two attached hydrogens (primary N) is 1. The van der Waals surface area contributed by atoms with Gasteiger partial charge in [0.1, 0.15) is 11.9 Å². The van der Waals surface area contributed by atoms with E-state index in [1.54, 1.807) is 55.5 Å². The molecule has 3 aromatic rings. The minimum atomic E-state index is -0.796. The molecule has 0 spiro atoms. The standard InChI is InChI=1S/C25H19FN2O4/c1-14-22-19(21(29)9-10-31-22)12-20(26)23(14)32-24(18-4-2-3-15(11-18)13-27)16-5-7-17(8-6-16)25(28)30/h2-8,11-12,24H,9-10H2,1H3,(H2,28,30). The number of benzene rings is 3. The van der Waals surface area contributed by atoms with Gasteiger partial charge in [-0.15, -0.1) is 0 Å². The van der Waals surface area contributed by atoms with Gasteiger partial charge in [-0.25, -0.2) is 4.39 Å². The summed E-state index contributed by atoms with van der Waals surface area (Å²) in [5.41, 5.74) is 7.89. The number of nitrogens with zero attached hydrogens (tertiary/aromatic N) is 1. The molecule has 0 bridgehead atoms. The average molecular weight is 430 g/mol. The topological polar surface area (TPSA) is 102 Å². The lowest BCUT2D eigenvalue weighted by Crippen LogP contribution is -2.18. The number of ether oxygens (including phenoxy) is 2. The number of halogens is 1. The number of Topliss-reactive ketones (excluding diaryl/α,β-unsaturated/α-hetero) is 1. The van der Waals surface area contributed by atoms with E-state index in [2.05, 4.69) is 6.07 Å². The van der Waals surface area contributed by atoms with Gasteiger partial charge >= 0.3 is 0 Å². The second kappa shape index (κ2) is 8.52. The lowest BCUT2D eigenvalue weighted by molar-refractivity contribution is 0.0930. The van der Waals surface area contributed by atoms with Gasteiger partial charge in [0.15, 0.2) is 17.3 Å². The summed E-state index contributed by atoms with van der Waals surface area (Å²) in [6.45, 7) is 1.86.